The predicted octanol–water partition coefficient (Wildman–Crippen LogP) is 5.96. The predicted molar refractivity (Wildman–Crippen MR) is 138 cm³/mol. The van der Waals surface area contributed by atoms with Gasteiger partial charge in [0.2, 0.25) is 0 Å². The van der Waals surface area contributed by atoms with E-state index in [4.69, 9.17) is 14.2 Å². The van der Waals surface area contributed by atoms with Crippen LogP contribution < -0.4 is 9.47 Å². The molecule has 6 nitrogen and oxygen atoms in total. The summed E-state index contributed by atoms with van der Waals surface area (Å²) < 4.78 is 30.3. The van der Waals surface area contributed by atoms with Gasteiger partial charge in [-0.15, -0.1) is 0 Å². The molecule has 0 aliphatic rings. The first kappa shape index (κ1) is 27.1. The maximum absolute atomic E-state index is 14.9. The Morgan fingerprint density at radius 3 is 2.05 bits per heavy atom. The molecule has 7 heteroatoms. The van der Waals surface area contributed by atoms with Gasteiger partial charge in [0.1, 0.15) is 17.3 Å². The van der Waals surface area contributed by atoms with Gasteiger partial charge in [0.25, 0.3) is 0 Å². The molecule has 0 bridgehead atoms. The van der Waals surface area contributed by atoms with Crippen molar-refractivity contribution in [3.8, 4) is 22.6 Å². The SMILES string of the molecule is C=CC(=O)OCCc1ccc(OC(=O)CC(C)c2ccc(-c3ccc(OC(=O)C=C)cc3)cc2F)cc1. The van der Waals surface area contributed by atoms with Crippen LogP contribution in [0.2, 0.25) is 0 Å². The highest BCUT2D eigenvalue weighted by molar-refractivity contribution is 5.83. The molecule has 0 amide bonds. The largest absolute Gasteiger partial charge is 0.462 e. The summed E-state index contributed by atoms with van der Waals surface area (Å²) in [6, 6.07) is 18.4. The van der Waals surface area contributed by atoms with E-state index in [2.05, 4.69) is 13.2 Å². The standard InChI is InChI=1S/C30H27FO6/c1-4-28(32)35-17-16-21-6-11-24(12-7-21)37-30(34)18-20(3)26-15-10-23(19-27(26)31)22-8-13-25(14-9-22)36-29(33)5-2/h4-15,19-20H,1-2,16-18H2,3H3. The molecule has 1 atom stereocenters. The average Bonchev–Trinajstić information content (AvgIpc) is 2.89. The summed E-state index contributed by atoms with van der Waals surface area (Å²) in [4.78, 5) is 34.8. The summed E-state index contributed by atoms with van der Waals surface area (Å²) in [5, 5.41) is 0. The van der Waals surface area contributed by atoms with Crippen molar-refractivity contribution in [2.45, 2.75) is 25.7 Å². The molecule has 37 heavy (non-hydrogen) atoms. The maximum Gasteiger partial charge on any atom is 0.335 e. The number of carbonyl (C=O) groups excluding carboxylic acids is 3. The van der Waals surface area contributed by atoms with Gasteiger partial charge in [-0.05, 0) is 58.5 Å². The third-order valence-corrected chi connectivity index (χ3v) is 5.53. The Bertz CT molecular complexity index is 1280. The quantitative estimate of drug-likeness (QED) is 0.183. The van der Waals surface area contributed by atoms with Crippen molar-refractivity contribution in [1.29, 1.82) is 0 Å². The number of carbonyl (C=O) groups is 3. The van der Waals surface area contributed by atoms with E-state index < -0.39 is 29.6 Å². The minimum Gasteiger partial charge on any atom is -0.462 e. The molecule has 0 saturated heterocycles. The molecule has 0 N–H and O–H groups in total. The molecule has 3 aromatic rings. The van der Waals surface area contributed by atoms with E-state index in [1.807, 2.05) is 0 Å². The fraction of sp³-hybridized carbons (Fsp3) is 0.167. The minimum atomic E-state index is -0.559. The number of rotatable bonds is 11. The Morgan fingerprint density at radius 2 is 1.43 bits per heavy atom. The Hall–Kier alpha value is -4.52. The van der Waals surface area contributed by atoms with Crippen LogP contribution in [-0.4, -0.2) is 24.5 Å². The zero-order valence-corrected chi connectivity index (χ0v) is 20.4. The van der Waals surface area contributed by atoms with Crippen molar-refractivity contribution in [2.75, 3.05) is 6.61 Å². The Labute approximate surface area is 215 Å². The van der Waals surface area contributed by atoms with Crippen molar-refractivity contribution >= 4 is 17.9 Å². The number of hydrogen-bond acceptors (Lipinski definition) is 6. The van der Waals surface area contributed by atoms with E-state index in [0.717, 1.165) is 23.3 Å². The van der Waals surface area contributed by atoms with Crippen molar-refractivity contribution < 1.29 is 33.0 Å². The molecule has 3 rings (SSSR count). The van der Waals surface area contributed by atoms with Crippen LogP contribution in [0.15, 0.2) is 92.0 Å². The lowest BCUT2D eigenvalue weighted by Gasteiger charge is -2.14. The fourth-order valence-corrected chi connectivity index (χ4v) is 3.57. The summed E-state index contributed by atoms with van der Waals surface area (Å²) in [7, 11) is 0. The molecule has 0 saturated carbocycles. The molecule has 0 aliphatic carbocycles. The zero-order chi connectivity index (χ0) is 26.8. The summed E-state index contributed by atoms with van der Waals surface area (Å²) in [6.07, 6.45) is 2.70. The van der Waals surface area contributed by atoms with E-state index >= 15 is 0 Å². The number of halogens is 1. The van der Waals surface area contributed by atoms with Crippen molar-refractivity contribution in [1.82, 2.24) is 0 Å². The Balaban J connectivity index is 1.55. The van der Waals surface area contributed by atoms with Gasteiger partial charge >= 0.3 is 17.9 Å². The molecular formula is C30H27FO6. The molecule has 0 spiro atoms. The lowest BCUT2D eigenvalue weighted by atomic mass is 9.94. The summed E-state index contributed by atoms with van der Waals surface area (Å²) in [5.74, 6) is -1.61. The third-order valence-electron chi connectivity index (χ3n) is 5.53. The van der Waals surface area contributed by atoms with Crippen LogP contribution in [0.25, 0.3) is 11.1 Å². The van der Waals surface area contributed by atoms with E-state index in [0.29, 0.717) is 29.0 Å². The first-order chi connectivity index (χ1) is 17.8. The Kier molecular flexibility index (Phi) is 9.49. The number of benzene rings is 3. The van der Waals surface area contributed by atoms with Crippen LogP contribution in [0.4, 0.5) is 4.39 Å². The van der Waals surface area contributed by atoms with Crippen LogP contribution in [0.5, 0.6) is 11.5 Å². The van der Waals surface area contributed by atoms with Gasteiger partial charge in [0, 0.05) is 18.6 Å². The molecular weight excluding hydrogens is 475 g/mol. The first-order valence-electron chi connectivity index (χ1n) is 11.6. The highest BCUT2D eigenvalue weighted by Crippen LogP contribution is 2.29. The van der Waals surface area contributed by atoms with E-state index in [-0.39, 0.29) is 13.0 Å². The minimum absolute atomic E-state index is 0.00110. The first-order valence-corrected chi connectivity index (χ1v) is 11.6. The van der Waals surface area contributed by atoms with Crippen LogP contribution >= 0.6 is 0 Å². The van der Waals surface area contributed by atoms with Gasteiger partial charge < -0.3 is 14.2 Å². The van der Waals surface area contributed by atoms with E-state index in [9.17, 15) is 18.8 Å². The van der Waals surface area contributed by atoms with Crippen molar-refractivity contribution in [3.05, 3.63) is 109 Å². The van der Waals surface area contributed by atoms with Gasteiger partial charge in [-0.25, -0.2) is 14.0 Å². The molecule has 0 fully saturated rings. The zero-order valence-electron chi connectivity index (χ0n) is 20.4. The van der Waals surface area contributed by atoms with Crippen LogP contribution in [0.1, 0.15) is 30.4 Å². The highest BCUT2D eigenvalue weighted by Gasteiger charge is 2.17. The summed E-state index contributed by atoms with van der Waals surface area (Å²) in [6.45, 7) is 8.68. The molecule has 0 aliphatic heterocycles. The molecule has 0 aromatic heterocycles. The lowest BCUT2D eigenvalue weighted by Crippen LogP contribution is -2.12. The fourth-order valence-electron chi connectivity index (χ4n) is 3.57. The van der Waals surface area contributed by atoms with E-state index in [1.165, 1.54) is 6.07 Å². The number of esters is 3. The third kappa shape index (κ3) is 8.00. The normalized spacial score (nSPS) is 11.2. The second-order valence-corrected chi connectivity index (χ2v) is 8.23. The Morgan fingerprint density at radius 1 is 0.838 bits per heavy atom. The van der Waals surface area contributed by atoms with Crippen molar-refractivity contribution in [2.24, 2.45) is 0 Å². The maximum atomic E-state index is 14.9. The smallest absolute Gasteiger partial charge is 0.335 e. The second kappa shape index (κ2) is 13.0. The molecule has 190 valence electrons. The molecule has 0 radical (unpaired) electrons. The monoisotopic (exact) mass is 502 g/mol. The second-order valence-electron chi connectivity index (χ2n) is 8.23. The van der Waals surface area contributed by atoms with Crippen LogP contribution in [-0.2, 0) is 25.5 Å². The number of hydrogen-bond donors (Lipinski definition) is 0. The topological polar surface area (TPSA) is 78.9 Å². The van der Waals surface area contributed by atoms with Gasteiger partial charge in [0.15, 0.2) is 0 Å². The molecule has 1 unspecified atom stereocenters. The van der Waals surface area contributed by atoms with Gasteiger partial charge in [0.05, 0.1) is 13.0 Å². The molecule has 0 heterocycles. The van der Waals surface area contributed by atoms with Crippen molar-refractivity contribution in [3.63, 3.8) is 0 Å². The van der Waals surface area contributed by atoms with Gasteiger partial charge in [-0.1, -0.05) is 56.5 Å². The van der Waals surface area contributed by atoms with Gasteiger partial charge in [-0.2, -0.15) is 0 Å². The summed E-state index contributed by atoms with van der Waals surface area (Å²) >= 11 is 0. The average molecular weight is 503 g/mol. The van der Waals surface area contributed by atoms with Crippen LogP contribution in [0, 0.1) is 5.82 Å². The van der Waals surface area contributed by atoms with Crippen LogP contribution in [0.3, 0.4) is 0 Å². The lowest BCUT2D eigenvalue weighted by molar-refractivity contribution is -0.137. The van der Waals surface area contributed by atoms with E-state index in [1.54, 1.807) is 67.6 Å². The molecule has 3 aromatic carbocycles. The number of ether oxygens (including phenoxy) is 3. The highest BCUT2D eigenvalue weighted by atomic mass is 19.1. The van der Waals surface area contributed by atoms with Gasteiger partial charge in [-0.3, -0.25) is 4.79 Å². The summed E-state index contributed by atoms with van der Waals surface area (Å²) in [5.41, 5.74) is 2.72.